The number of piperazine rings is 1. The molecule has 6 nitrogen and oxygen atoms in total. The highest BCUT2D eigenvalue weighted by Gasteiger charge is 2.28. The third-order valence-electron chi connectivity index (χ3n) is 6.36. The molecule has 3 rings (SSSR count). The molecule has 6 heteroatoms. The first-order valence-electron chi connectivity index (χ1n) is 11.1. The third-order valence-corrected chi connectivity index (χ3v) is 6.36. The van der Waals surface area contributed by atoms with Crippen molar-refractivity contribution in [2.24, 2.45) is 0 Å². The number of carbonyl (C=O) groups is 2. The van der Waals surface area contributed by atoms with E-state index < -0.39 is 0 Å². The van der Waals surface area contributed by atoms with Crippen molar-refractivity contribution in [2.75, 3.05) is 51.1 Å². The second kappa shape index (κ2) is 10.2. The van der Waals surface area contributed by atoms with E-state index in [0.717, 1.165) is 68.8 Å². The number of rotatable bonds is 6. The summed E-state index contributed by atoms with van der Waals surface area (Å²) in [6.45, 7) is 11.4. The van der Waals surface area contributed by atoms with E-state index in [-0.39, 0.29) is 11.8 Å². The largest absolute Gasteiger partial charge is 0.339 e. The molecule has 2 aliphatic rings. The summed E-state index contributed by atoms with van der Waals surface area (Å²) < 4.78 is 0. The van der Waals surface area contributed by atoms with Gasteiger partial charge >= 0.3 is 0 Å². The molecule has 1 N–H and O–H groups in total. The van der Waals surface area contributed by atoms with E-state index in [0.29, 0.717) is 19.1 Å². The van der Waals surface area contributed by atoms with Gasteiger partial charge in [-0.3, -0.25) is 19.4 Å². The molecule has 0 bridgehead atoms. The maximum atomic E-state index is 12.8. The molecule has 1 aromatic carbocycles. The van der Waals surface area contributed by atoms with Crippen LogP contribution in [0, 0.1) is 13.8 Å². The van der Waals surface area contributed by atoms with Gasteiger partial charge < -0.3 is 10.2 Å². The van der Waals surface area contributed by atoms with Crippen molar-refractivity contribution in [1.82, 2.24) is 14.7 Å². The fraction of sp³-hybridized carbons (Fsp3) is 0.652. The lowest BCUT2D eigenvalue weighted by atomic mass is 10.00. The van der Waals surface area contributed by atoms with Gasteiger partial charge in [-0.15, -0.1) is 0 Å². The van der Waals surface area contributed by atoms with Crippen LogP contribution in [-0.2, 0) is 9.59 Å². The molecule has 0 radical (unpaired) electrons. The number of benzene rings is 1. The smallest absolute Gasteiger partial charge is 0.238 e. The molecule has 160 valence electrons. The molecule has 1 aromatic rings. The minimum absolute atomic E-state index is 0.0334. The Morgan fingerprint density at radius 3 is 2.21 bits per heavy atom. The Hall–Kier alpha value is -1.92. The number of para-hydroxylation sites is 1. The van der Waals surface area contributed by atoms with E-state index in [4.69, 9.17) is 0 Å². The van der Waals surface area contributed by atoms with Gasteiger partial charge in [0.25, 0.3) is 0 Å². The summed E-state index contributed by atoms with van der Waals surface area (Å²) in [4.78, 5) is 31.8. The number of piperidine rings is 1. The fourth-order valence-electron chi connectivity index (χ4n) is 4.53. The maximum Gasteiger partial charge on any atom is 0.238 e. The van der Waals surface area contributed by atoms with Gasteiger partial charge in [0.1, 0.15) is 0 Å². The minimum atomic E-state index is 0.0334. The predicted octanol–water partition coefficient (Wildman–Crippen LogP) is 2.65. The third kappa shape index (κ3) is 5.80. The zero-order chi connectivity index (χ0) is 20.8. The predicted molar refractivity (Wildman–Crippen MR) is 117 cm³/mol. The zero-order valence-corrected chi connectivity index (χ0v) is 18.2. The molecule has 29 heavy (non-hydrogen) atoms. The molecule has 1 atom stereocenters. The molecule has 0 aliphatic carbocycles. The van der Waals surface area contributed by atoms with Crippen LogP contribution in [-0.4, -0.2) is 78.4 Å². The highest BCUT2D eigenvalue weighted by molar-refractivity contribution is 5.93. The lowest BCUT2D eigenvalue weighted by Crippen LogP contribution is -2.53. The Kier molecular flexibility index (Phi) is 7.67. The summed E-state index contributed by atoms with van der Waals surface area (Å²) in [6.07, 6.45) is 4.57. The minimum Gasteiger partial charge on any atom is -0.339 e. The normalized spacial score (nSPS) is 21.2. The van der Waals surface area contributed by atoms with Crippen LogP contribution in [0.5, 0.6) is 0 Å². The molecule has 2 fully saturated rings. The van der Waals surface area contributed by atoms with Gasteiger partial charge in [0.2, 0.25) is 11.8 Å². The van der Waals surface area contributed by atoms with E-state index in [1.165, 1.54) is 6.42 Å². The molecule has 2 saturated heterocycles. The van der Waals surface area contributed by atoms with Crippen molar-refractivity contribution in [2.45, 2.75) is 52.5 Å². The van der Waals surface area contributed by atoms with Crippen LogP contribution in [0.15, 0.2) is 18.2 Å². The number of likely N-dealkylation sites (tertiary alicyclic amines) is 1. The Morgan fingerprint density at radius 1 is 0.966 bits per heavy atom. The van der Waals surface area contributed by atoms with Gasteiger partial charge in [-0.2, -0.15) is 0 Å². The summed E-state index contributed by atoms with van der Waals surface area (Å²) in [6, 6.07) is 6.47. The summed E-state index contributed by atoms with van der Waals surface area (Å²) in [7, 11) is 0. The van der Waals surface area contributed by atoms with Crippen LogP contribution in [0.4, 0.5) is 5.69 Å². The number of hydrogen-bond donors (Lipinski definition) is 1. The van der Waals surface area contributed by atoms with Crippen LogP contribution in [0.3, 0.4) is 0 Å². The van der Waals surface area contributed by atoms with Crippen LogP contribution in [0.25, 0.3) is 0 Å². The van der Waals surface area contributed by atoms with E-state index in [1.54, 1.807) is 0 Å². The Balaban J connectivity index is 1.43. The van der Waals surface area contributed by atoms with E-state index >= 15 is 0 Å². The molecular weight excluding hydrogens is 364 g/mol. The maximum absolute atomic E-state index is 12.8. The second-order valence-corrected chi connectivity index (χ2v) is 8.51. The first-order valence-corrected chi connectivity index (χ1v) is 11.1. The number of amides is 2. The first kappa shape index (κ1) is 21.8. The van der Waals surface area contributed by atoms with Crippen LogP contribution < -0.4 is 5.32 Å². The van der Waals surface area contributed by atoms with Gasteiger partial charge in [-0.05, 0) is 50.7 Å². The van der Waals surface area contributed by atoms with Crippen LogP contribution in [0.1, 0.15) is 43.7 Å². The monoisotopic (exact) mass is 400 g/mol. The lowest BCUT2D eigenvalue weighted by Gasteiger charge is -2.38. The van der Waals surface area contributed by atoms with E-state index in [1.807, 2.05) is 32.0 Å². The Labute approximate surface area is 175 Å². The molecule has 0 unspecified atom stereocenters. The molecule has 2 heterocycles. The summed E-state index contributed by atoms with van der Waals surface area (Å²) >= 11 is 0. The summed E-state index contributed by atoms with van der Waals surface area (Å²) in [5.41, 5.74) is 3.10. The van der Waals surface area contributed by atoms with Crippen molar-refractivity contribution in [3.05, 3.63) is 29.3 Å². The van der Waals surface area contributed by atoms with Crippen LogP contribution >= 0.6 is 0 Å². The number of anilines is 1. The number of carbonyl (C=O) groups excluding carboxylic acids is 2. The topological polar surface area (TPSA) is 55.9 Å². The quantitative estimate of drug-likeness (QED) is 0.798. The Morgan fingerprint density at radius 2 is 1.59 bits per heavy atom. The summed E-state index contributed by atoms with van der Waals surface area (Å²) in [5.74, 6) is 0.309. The molecule has 2 amide bonds. The molecule has 0 aromatic heterocycles. The molecule has 0 spiro atoms. The highest BCUT2D eigenvalue weighted by Crippen LogP contribution is 2.21. The number of nitrogens with zero attached hydrogens (tertiary/aromatic N) is 3. The van der Waals surface area contributed by atoms with E-state index in [9.17, 15) is 9.59 Å². The van der Waals surface area contributed by atoms with Gasteiger partial charge in [0.15, 0.2) is 0 Å². The van der Waals surface area contributed by atoms with Gasteiger partial charge in [0.05, 0.1) is 13.1 Å². The van der Waals surface area contributed by atoms with Crippen molar-refractivity contribution < 1.29 is 9.59 Å². The van der Waals surface area contributed by atoms with Crippen molar-refractivity contribution in [1.29, 1.82) is 0 Å². The number of nitrogens with one attached hydrogen (secondary N) is 1. The number of aryl methyl sites for hydroxylation is 2. The second-order valence-electron chi connectivity index (χ2n) is 8.51. The molecule has 2 aliphatic heterocycles. The van der Waals surface area contributed by atoms with Gasteiger partial charge in [0, 0.05) is 44.5 Å². The molecular formula is C23H36N4O2. The SMILES string of the molecule is CC[C@@H]1CCCCN1C(=O)CN1CCN(CC(=O)Nc2c(C)cccc2C)CC1. The van der Waals surface area contributed by atoms with Crippen molar-refractivity contribution in [3.8, 4) is 0 Å². The van der Waals surface area contributed by atoms with E-state index in [2.05, 4.69) is 26.9 Å². The average molecular weight is 401 g/mol. The highest BCUT2D eigenvalue weighted by atomic mass is 16.2. The zero-order valence-electron chi connectivity index (χ0n) is 18.2. The van der Waals surface area contributed by atoms with Gasteiger partial charge in [-0.25, -0.2) is 0 Å². The van der Waals surface area contributed by atoms with Crippen LogP contribution in [0.2, 0.25) is 0 Å². The number of hydrogen-bond acceptors (Lipinski definition) is 4. The Bertz CT molecular complexity index is 693. The first-order chi connectivity index (χ1) is 14.0. The van der Waals surface area contributed by atoms with Crippen molar-refractivity contribution >= 4 is 17.5 Å². The lowest BCUT2D eigenvalue weighted by molar-refractivity contribution is -0.136. The average Bonchev–Trinajstić information content (AvgIpc) is 2.72. The molecule has 0 saturated carbocycles. The standard InChI is InChI=1S/C23H36N4O2/c1-4-20-10-5-6-11-27(20)22(29)17-26-14-12-25(13-15-26)16-21(28)24-23-18(2)8-7-9-19(23)3/h7-9,20H,4-6,10-17H2,1-3H3,(H,24,28)/t20-/m1/s1. The summed E-state index contributed by atoms with van der Waals surface area (Å²) in [5, 5.41) is 3.07. The van der Waals surface area contributed by atoms with Crippen molar-refractivity contribution in [3.63, 3.8) is 0 Å². The van der Waals surface area contributed by atoms with Gasteiger partial charge in [-0.1, -0.05) is 25.1 Å². The fourth-order valence-corrected chi connectivity index (χ4v) is 4.53.